The van der Waals surface area contributed by atoms with Crippen LogP contribution in [0, 0.1) is 0 Å². The van der Waals surface area contributed by atoms with Crippen molar-refractivity contribution in [2.75, 3.05) is 0 Å². The zero-order valence-corrected chi connectivity index (χ0v) is 8.04. The smallest absolute Gasteiger partial charge is 0.396 e. The summed E-state index contributed by atoms with van der Waals surface area (Å²) in [5, 5.41) is 0.619. The SMILES string of the molecule is O=C(CC(F)(F)F)c1cc2ccccc2o1. The third kappa shape index (κ3) is 2.24. The summed E-state index contributed by atoms with van der Waals surface area (Å²) in [6.07, 6.45) is -6.00. The molecule has 1 heterocycles. The number of ketones is 1. The van der Waals surface area contributed by atoms with Crippen LogP contribution >= 0.6 is 0 Å². The number of rotatable bonds is 2. The maximum Gasteiger partial charge on any atom is 0.396 e. The van der Waals surface area contributed by atoms with E-state index in [2.05, 4.69) is 0 Å². The van der Waals surface area contributed by atoms with Gasteiger partial charge >= 0.3 is 6.18 Å². The van der Waals surface area contributed by atoms with Gasteiger partial charge in [0.25, 0.3) is 0 Å². The van der Waals surface area contributed by atoms with Gasteiger partial charge in [0.1, 0.15) is 12.0 Å². The first kappa shape index (κ1) is 10.7. The average molecular weight is 228 g/mol. The van der Waals surface area contributed by atoms with E-state index in [0.717, 1.165) is 0 Å². The Labute approximate surface area is 88.7 Å². The Morgan fingerprint density at radius 2 is 1.94 bits per heavy atom. The highest BCUT2D eigenvalue weighted by Crippen LogP contribution is 2.25. The van der Waals surface area contributed by atoms with Gasteiger partial charge in [-0.15, -0.1) is 0 Å². The fourth-order valence-electron chi connectivity index (χ4n) is 1.39. The lowest BCUT2D eigenvalue weighted by Crippen LogP contribution is -2.14. The van der Waals surface area contributed by atoms with Crippen LogP contribution in [0.25, 0.3) is 11.0 Å². The molecule has 0 bridgehead atoms. The van der Waals surface area contributed by atoms with Gasteiger partial charge in [-0.1, -0.05) is 18.2 Å². The topological polar surface area (TPSA) is 30.2 Å². The Balaban J connectivity index is 2.30. The molecule has 2 rings (SSSR count). The van der Waals surface area contributed by atoms with E-state index in [9.17, 15) is 18.0 Å². The molecule has 1 aromatic heterocycles. The molecule has 0 aliphatic rings. The van der Waals surface area contributed by atoms with Crippen molar-refractivity contribution in [3.63, 3.8) is 0 Å². The Kier molecular flexibility index (Phi) is 2.46. The number of hydrogen-bond acceptors (Lipinski definition) is 2. The number of para-hydroxylation sites is 1. The van der Waals surface area contributed by atoms with E-state index in [4.69, 9.17) is 4.42 Å². The Morgan fingerprint density at radius 3 is 2.56 bits per heavy atom. The minimum atomic E-state index is -4.50. The molecule has 0 N–H and O–H groups in total. The molecule has 84 valence electrons. The van der Waals surface area contributed by atoms with Crippen molar-refractivity contribution in [3.8, 4) is 0 Å². The first-order valence-corrected chi connectivity index (χ1v) is 4.54. The molecule has 0 aliphatic carbocycles. The van der Waals surface area contributed by atoms with E-state index in [1.165, 1.54) is 6.07 Å². The van der Waals surface area contributed by atoms with Crippen LogP contribution in [0.4, 0.5) is 13.2 Å². The monoisotopic (exact) mass is 228 g/mol. The zero-order valence-electron chi connectivity index (χ0n) is 8.04. The zero-order chi connectivity index (χ0) is 11.8. The lowest BCUT2D eigenvalue weighted by Gasteiger charge is -2.02. The van der Waals surface area contributed by atoms with Crippen molar-refractivity contribution in [3.05, 3.63) is 36.1 Å². The minimum Gasteiger partial charge on any atom is -0.453 e. The van der Waals surface area contributed by atoms with E-state index in [1.54, 1.807) is 24.3 Å². The Hall–Kier alpha value is -1.78. The fraction of sp³-hybridized carbons (Fsp3) is 0.182. The molecule has 0 unspecified atom stereocenters. The molecule has 2 nitrogen and oxygen atoms in total. The summed E-state index contributed by atoms with van der Waals surface area (Å²) in [6, 6.07) is 7.99. The van der Waals surface area contributed by atoms with Gasteiger partial charge in [-0.25, -0.2) is 0 Å². The van der Waals surface area contributed by atoms with Crippen LogP contribution in [0.1, 0.15) is 17.0 Å². The van der Waals surface area contributed by atoms with Crippen LogP contribution in [0.2, 0.25) is 0 Å². The normalized spacial score (nSPS) is 11.9. The molecular weight excluding hydrogens is 221 g/mol. The maximum atomic E-state index is 12.0. The van der Waals surface area contributed by atoms with Crippen LogP contribution in [0.5, 0.6) is 0 Å². The third-order valence-electron chi connectivity index (χ3n) is 2.06. The number of carbonyl (C=O) groups excluding carboxylic acids is 1. The van der Waals surface area contributed by atoms with Crippen LogP contribution in [-0.4, -0.2) is 12.0 Å². The molecule has 0 aliphatic heterocycles. The molecule has 2 aromatic rings. The number of furan rings is 1. The van der Waals surface area contributed by atoms with Crippen LogP contribution < -0.4 is 0 Å². The second-order valence-corrected chi connectivity index (χ2v) is 3.36. The van der Waals surface area contributed by atoms with Crippen LogP contribution in [-0.2, 0) is 0 Å². The van der Waals surface area contributed by atoms with Crippen molar-refractivity contribution in [2.45, 2.75) is 12.6 Å². The van der Waals surface area contributed by atoms with Crippen molar-refractivity contribution >= 4 is 16.8 Å². The number of halogens is 3. The summed E-state index contributed by atoms with van der Waals surface area (Å²) in [5.41, 5.74) is 0.410. The van der Waals surface area contributed by atoms with Gasteiger partial charge in [-0.2, -0.15) is 13.2 Å². The van der Waals surface area contributed by atoms with Crippen molar-refractivity contribution in [1.29, 1.82) is 0 Å². The first-order chi connectivity index (χ1) is 7.46. The van der Waals surface area contributed by atoms with Crippen molar-refractivity contribution in [2.24, 2.45) is 0 Å². The summed E-state index contributed by atoms with van der Waals surface area (Å²) >= 11 is 0. The minimum absolute atomic E-state index is 0.251. The van der Waals surface area contributed by atoms with Crippen molar-refractivity contribution in [1.82, 2.24) is 0 Å². The number of hydrogen-bond donors (Lipinski definition) is 0. The molecule has 0 atom stereocenters. The number of Topliss-reactive ketones (excluding diaryl/α,β-unsaturated/α-hetero) is 1. The van der Waals surface area contributed by atoms with Gasteiger partial charge in [0.2, 0.25) is 5.78 Å². The molecule has 0 spiro atoms. The third-order valence-corrected chi connectivity index (χ3v) is 2.06. The summed E-state index contributed by atoms with van der Waals surface area (Å²) in [6.45, 7) is 0. The molecule has 5 heteroatoms. The standard InChI is InChI=1S/C11H7F3O2/c12-11(13,14)6-8(15)10-5-7-3-1-2-4-9(7)16-10/h1-5H,6H2. The Morgan fingerprint density at radius 1 is 1.25 bits per heavy atom. The molecule has 0 amide bonds. The lowest BCUT2D eigenvalue weighted by atomic mass is 10.2. The summed E-state index contributed by atoms with van der Waals surface area (Å²) in [7, 11) is 0. The molecule has 0 saturated heterocycles. The van der Waals surface area contributed by atoms with E-state index in [1.807, 2.05) is 0 Å². The molecule has 0 saturated carbocycles. The van der Waals surface area contributed by atoms with Gasteiger partial charge in [-0.3, -0.25) is 4.79 Å². The molecule has 0 radical (unpaired) electrons. The van der Waals surface area contributed by atoms with E-state index in [-0.39, 0.29) is 5.76 Å². The van der Waals surface area contributed by atoms with Crippen molar-refractivity contribution < 1.29 is 22.4 Å². The molecule has 1 aromatic carbocycles. The highest BCUT2D eigenvalue weighted by Gasteiger charge is 2.32. The van der Waals surface area contributed by atoms with E-state index < -0.39 is 18.4 Å². The first-order valence-electron chi connectivity index (χ1n) is 4.54. The number of carbonyl (C=O) groups is 1. The predicted molar refractivity (Wildman–Crippen MR) is 51.2 cm³/mol. The van der Waals surface area contributed by atoms with Gasteiger partial charge in [0, 0.05) is 5.39 Å². The lowest BCUT2D eigenvalue weighted by molar-refractivity contribution is -0.125. The molecular formula is C11H7F3O2. The maximum absolute atomic E-state index is 12.0. The van der Waals surface area contributed by atoms with Gasteiger partial charge < -0.3 is 4.42 Å². The molecule has 0 fully saturated rings. The highest BCUT2D eigenvalue weighted by molar-refractivity contribution is 5.97. The Bertz CT molecular complexity index is 492. The highest BCUT2D eigenvalue weighted by atomic mass is 19.4. The predicted octanol–water partition coefficient (Wildman–Crippen LogP) is 3.57. The van der Waals surface area contributed by atoms with Crippen LogP contribution in [0.15, 0.2) is 34.7 Å². The van der Waals surface area contributed by atoms with Gasteiger partial charge in [-0.05, 0) is 12.1 Å². The fourth-order valence-corrected chi connectivity index (χ4v) is 1.39. The number of benzene rings is 1. The second-order valence-electron chi connectivity index (χ2n) is 3.36. The van der Waals surface area contributed by atoms with E-state index >= 15 is 0 Å². The van der Waals surface area contributed by atoms with Gasteiger partial charge in [0.05, 0.1) is 0 Å². The van der Waals surface area contributed by atoms with Crippen LogP contribution in [0.3, 0.4) is 0 Å². The number of alkyl halides is 3. The van der Waals surface area contributed by atoms with Gasteiger partial charge in [0.15, 0.2) is 5.76 Å². The summed E-state index contributed by atoms with van der Waals surface area (Å²) in [4.78, 5) is 11.2. The summed E-state index contributed by atoms with van der Waals surface area (Å²) in [5.74, 6) is -1.30. The quantitative estimate of drug-likeness (QED) is 0.735. The summed E-state index contributed by atoms with van der Waals surface area (Å²) < 4.78 is 41.0. The number of fused-ring (bicyclic) bond motifs is 1. The largest absolute Gasteiger partial charge is 0.453 e. The molecule has 16 heavy (non-hydrogen) atoms. The van der Waals surface area contributed by atoms with E-state index in [0.29, 0.717) is 11.0 Å². The second kappa shape index (κ2) is 3.66. The average Bonchev–Trinajstić information content (AvgIpc) is 2.58.